The van der Waals surface area contributed by atoms with Gasteiger partial charge >= 0.3 is 0 Å². The van der Waals surface area contributed by atoms with Crippen molar-refractivity contribution in [3.05, 3.63) is 52.6 Å². The van der Waals surface area contributed by atoms with Crippen molar-refractivity contribution in [1.29, 1.82) is 0 Å². The Morgan fingerprint density at radius 2 is 2.23 bits per heavy atom. The van der Waals surface area contributed by atoms with Crippen LogP contribution >= 0.6 is 11.6 Å². The summed E-state index contributed by atoms with van der Waals surface area (Å²) < 4.78 is 4.88. The van der Waals surface area contributed by atoms with Crippen LogP contribution in [0.15, 0.2) is 47.1 Å². The number of hydrogen-bond acceptors (Lipinski definition) is 4. The van der Waals surface area contributed by atoms with E-state index in [2.05, 4.69) is 10.4 Å². The molecule has 0 fully saturated rings. The lowest BCUT2D eigenvalue weighted by molar-refractivity contribution is -0.112. The Bertz CT molecular complexity index is 624. The molecule has 0 aromatic heterocycles. The fourth-order valence-corrected chi connectivity index (χ4v) is 1.75. The lowest BCUT2D eigenvalue weighted by atomic mass is 10.1. The molecule has 0 saturated heterocycles. The first kappa shape index (κ1) is 17.7. The van der Waals surface area contributed by atoms with E-state index in [1.54, 1.807) is 50.5 Å². The normalized spacial score (nSPS) is 12.7. The number of benzene rings is 1. The highest BCUT2D eigenvalue weighted by molar-refractivity contribution is 6.31. The molecule has 118 valence electrons. The number of rotatable bonds is 6. The van der Waals surface area contributed by atoms with E-state index < -0.39 is 0 Å². The van der Waals surface area contributed by atoms with Crippen LogP contribution in [0.5, 0.6) is 0 Å². The molecule has 0 radical (unpaired) electrons. The smallest absolute Gasteiger partial charge is 0.251 e. The molecule has 0 saturated carbocycles. The molecular formula is C15H19ClN4O2. The van der Waals surface area contributed by atoms with Gasteiger partial charge in [0.1, 0.15) is 0 Å². The molecule has 6 nitrogen and oxygen atoms in total. The summed E-state index contributed by atoms with van der Waals surface area (Å²) in [5, 5.41) is 6.63. The van der Waals surface area contributed by atoms with E-state index in [1.165, 1.54) is 0 Å². The van der Waals surface area contributed by atoms with Gasteiger partial charge in [-0.2, -0.15) is 5.10 Å². The summed E-state index contributed by atoms with van der Waals surface area (Å²) in [5.74, 6) is 5.00. The maximum atomic E-state index is 12.2. The van der Waals surface area contributed by atoms with Crippen LogP contribution in [0.1, 0.15) is 12.5 Å². The Labute approximate surface area is 134 Å². The molecule has 1 aromatic rings. The minimum Gasteiger partial charge on any atom is -0.382 e. The van der Waals surface area contributed by atoms with Crippen LogP contribution in [0, 0.1) is 0 Å². The van der Waals surface area contributed by atoms with E-state index >= 15 is 0 Å². The Morgan fingerprint density at radius 1 is 1.50 bits per heavy atom. The molecule has 0 unspecified atom stereocenters. The molecular weight excluding hydrogens is 304 g/mol. The zero-order valence-electron chi connectivity index (χ0n) is 12.5. The molecule has 1 rings (SSSR count). The number of allylic oxidation sites excluding steroid dienone is 2. The summed E-state index contributed by atoms with van der Waals surface area (Å²) in [6.45, 7) is 2.17. The van der Waals surface area contributed by atoms with Gasteiger partial charge in [-0.3, -0.25) is 4.79 Å². The number of nitrogens with zero attached hydrogens (tertiary/aromatic N) is 1. The topological polar surface area (TPSA) is 103 Å². The summed E-state index contributed by atoms with van der Waals surface area (Å²) in [5.41, 5.74) is 7.16. The average molecular weight is 323 g/mol. The molecule has 5 N–H and O–H groups in total. The summed E-state index contributed by atoms with van der Waals surface area (Å²) in [6, 6.07) is 4.86. The number of ether oxygens (including phenoxy) is 1. The number of nitrogens with one attached hydrogen (secondary N) is 1. The van der Waals surface area contributed by atoms with Crippen molar-refractivity contribution in [3.8, 4) is 0 Å². The number of hydrazone groups is 1. The number of hydrogen-bond donors (Lipinski definition) is 3. The van der Waals surface area contributed by atoms with E-state index in [1.807, 2.05) is 0 Å². The van der Waals surface area contributed by atoms with Crippen molar-refractivity contribution < 1.29 is 9.53 Å². The van der Waals surface area contributed by atoms with Crippen LogP contribution in [0.4, 0.5) is 5.69 Å². The van der Waals surface area contributed by atoms with Crippen LogP contribution in [0.25, 0.3) is 0 Å². The minimum atomic E-state index is -0.282. The molecule has 0 bridgehead atoms. The van der Waals surface area contributed by atoms with E-state index in [-0.39, 0.29) is 11.7 Å². The monoisotopic (exact) mass is 322 g/mol. The Balaban J connectivity index is 2.94. The lowest BCUT2D eigenvalue weighted by Gasteiger charge is -2.11. The van der Waals surface area contributed by atoms with E-state index in [9.17, 15) is 4.79 Å². The second kappa shape index (κ2) is 8.86. The summed E-state index contributed by atoms with van der Waals surface area (Å²) in [4.78, 5) is 12.2. The lowest BCUT2D eigenvalue weighted by Crippen LogP contribution is -2.20. The first-order valence-corrected chi connectivity index (χ1v) is 6.84. The van der Waals surface area contributed by atoms with Crippen LogP contribution in [0.2, 0.25) is 5.02 Å². The maximum absolute atomic E-state index is 12.2. The first-order valence-electron chi connectivity index (χ1n) is 6.46. The van der Waals surface area contributed by atoms with Gasteiger partial charge in [0.25, 0.3) is 5.91 Å². The van der Waals surface area contributed by atoms with Gasteiger partial charge in [0, 0.05) is 23.3 Å². The standard InChI is InChI=1S/C15H19ClN4O2/c1-10(5-3-4-8-22-2)15(21)19-13-9-11(16)6-7-12(13)14(17)20-18/h3-7,9H,8,18H2,1-2H3,(H2,17,20)(H,19,21)/b4-3-,10-5+. The second-order valence-electron chi connectivity index (χ2n) is 4.39. The van der Waals surface area contributed by atoms with Gasteiger partial charge < -0.3 is 21.6 Å². The van der Waals surface area contributed by atoms with Crippen molar-refractivity contribution in [3.63, 3.8) is 0 Å². The number of amides is 1. The van der Waals surface area contributed by atoms with Crippen molar-refractivity contribution in [1.82, 2.24) is 0 Å². The van der Waals surface area contributed by atoms with E-state index in [4.69, 9.17) is 27.9 Å². The molecule has 0 heterocycles. The van der Waals surface area contributed by atoms with Crippen LogP contribution in [0.3, 0.4) is 0 Å². The van der Waals surface area contributed by atoms with Gasteiger partial charge in [0.05, 0.1) is 12.3 Å². The van der Waals surface area contributed by atoms with Gasteiger partial charge in [-0.15, -0.1) is 0 Å². The van der Waals surface area contributed by atoms with E-state index in [0.29, 0.717) is 28.5 Å². The average Bonchev–Trinajstić information content (AvgIpc) is 2.50. The Kier molecular flexibility index (Phi) is 7.15. The zero-order valence-corrected chi connectivity index (χ0v) is 13.2. The molecule has 1 aromatic carbocycles. The third-order valence-corrected chi connectivity index (χ3v) is 2.98. The largest absolute Gasteiger partial charge is 0.382 e. The number of halogens is 1. The fourth-order valence-electron chi connectivity index (χ4n) is 1.57. The van der Waals surface area contributed by atoms with Crippen LogP contribution in [-0.4, -0.2) is 25.5 Å². The van der Waals surface area contributed by atoms with Crippen molar-refractivity contribution >= 4 is 29.0 Å². The SMILES string of the molecule is COC/C=C\C=C(/C)C(=O)Nc1cc(Cl)ccc1/C(N)=N/N. The van der Waals surface area contributed by atoms with Crippen molar-refractivity contribution in [2.45, 2.75) is 6.92 Å². The Morgan fingerprint density at radius 3 is 2.86 bits per heavy atom. The third-order valence-electron chi connectivity index (χ3n) is 2.75. The zero-order chi connectivity index (χ0) is 16.5. The van der Waals surface area contributed by atoms with Gasteiger partial charge in [0.15, 0.2) is 5.84 Å². The first-order chi connectivity index (χ1) is 10.5. The molecule has 0 aliphatic heterocycles. The minimum absolute atomic E-state index is 0.105. The molecule has 0 aliphatic rings. The molecule has 7 heteroatoms. The number of carbonyl (C=O) groups is 1. The summed E-state index contributed by atoms with van der Waals surface area (Å²) in [6.07, 6.45) is 5.21. The van der Waals surface area contributed by atoms with Gasteiger partial charge in [-0.1, -0.05) is 29.8 Å². The number of anilines is 1. The Hall–Kier alpha value is -2.31. The molecule has 22 heavy (non-hydrogen) atoms. The summed E-state index contributed by atoms with van der Waals surface area (Å²) in [7, 11) is 1.59. The fraction of sp³-hybridized carbons (Fsp3) is 0.200. The van der Waals surface area contributed by atoms with Crippen LogP contribution < -0.4 is 16.9 Å². The van der Waals surface area contributed by atoms with Gasteiger partial charge in [-0.05, 0) is 25.1 Å². The highest BCUT2D eigenvalue weighted by Crippen LogP contribution is 2.21. The summed E-state index contributed by atoms with van der Waals surface area (Å²) >= 11 is 5.94. The van der Waals surface area contributed by atoms with E-state index in [0.717, 1.165) is 0 Å². The predicted molar refractivity (Wildman–Crippen MR) is 89.8 cm³/mol. The number of methoxy groups -OCH3 is 1. The quantitative estimate of drug-likeness (QED) is 0.186. The number of nitrogens with two attached hydrogens (primary N) is 2. The third kappa shape index (κ3) is 5.23. The number of carbonyl (C=O) groups excluding carboxylic acids is 1. The molecule has 1 amide bonds. The second-order valence-corrected chi connectivity index (χ2v) is 4.83. The highest BCUT2D eigenvalue weighted by atomic mass is 35.5. The maximum Gasteiger partial charge on any atom is 0.251 e. The molecule has 0 aliphatic carbocycles. The highest BCUT2D eigenvalue weighted by Gasteiger charge is 2.11. The molecule has 0 spiro atoms. The number of amidine groups is 1. The van der Waals surface area contributed by atoms with Gasteiger partial charge in [0.2, 0.25) is 0 Å². The van der Waals surface area contributed by atoms with Crippen molar-refractivity contribution in [2.75, 3.05) is 19.0 Å². The van der Waals surface area contributed by atoms with Crippen molar-refractivity contribution in [2.24, 2.45) is 16.7 Å². The van der Waals surface area contributed by atoms with Gasteiger partial charge in [-0.25, -0.2) is 0 Å². The van der Waals surface area contributed by atoms with Crippen LogP contribution in [-0.2, 0) is 9.53 Å². The molecule has 0 atom stereocenters. The predicted octanol–water partition coefficient (Wildman–Crippen LogP) is 2.01.